The third kappa shape index (κ3) is 4.57. The van der Waals surface area contributed by atoms with Gasteiger partial charge in [0.1, 0.15) is 6.61 Å². The lowest BCUT2D eigenvalue weighted by molar-refractivity contribution is -0.142. The Hall–Kier alpha value is -2.40. The zero-order valence-electron chi connectivity index (χ0n) is 11.5. The number of carboxylic acids is 1. The maximum atomic E-state index is 11.9. The predicted octanol–water partition coefficient (Wildman–Crippen LogP) is 1.60. The van der Waals surface area contributed by atoms with E-state index in [4.69, 9.17) is 9.84 Å². The monoisotopic (exact) mass is 287 g/mol. The number of carbonyl (C=O) groups excluding carboxylic acids is 1. The summed E-state index contributed by atoms with van der Waals surface area (Å²) >= 11 is 0. The molecule has 0 atom stereocenters. The van der Waals surface area contributed by atoms with E-state index in [9.17, 15) is 9.59 Å². The smallest absolute Gasteiger partial charge is 0.329 e. The van der Waals surface area contributed by atoms with Crippen LogP contribution in [0, 0.1) is 0 Å². The van der Waals surface area contributed by atoms with Gasteiger partial charge in [0.05, 0.1) is 13.0 Å². The highest BCUT2D eigenvalue weighted by molar-refractivity contribution is 5.90. The zero-order valence-corrected chi connectivity index (χ0v) is 11.5. The van der Waals surface area contributed by atoms with Gasteiger partial charge in [0.25, 0.3) is 0 Å². The molecule has 0 radical (unpaired) electrons. The van der Waals surface area contributed by atoms with Gasteiger partial charge in [-0.25, -0.2) is 4.79 Å². The van der Waals surface area contributed by atoms with Gasteiger partial charge in [-0.1, -0.05) is 42.5 Å². The Morgan fingerprint density at radius 3 is 2.67 bits per heavy atom. The minimum atomic E-state index is -1.02. The minimum Gasteiger partial charge on any atom is -0.480 e. The molecule has 0 heterocycles. The highest BCUT2D eigenvalue weighted by Crippen LogP contribution is 2.18. The highest BCUT2D eigenvalue weighted by atomic mass is 16.5. The van der Waals surface area contributed by atoms with Crippen LogP contribution in [0.4, 0.5) is 0 Å². The molecular formula is C16H17NO4. The van der Waals surface area contributed by atoms with E-state index in [0.717, 1.165) is 16.3 Å². The summed E-state index contributed by atoms with van der Waals surface area (Å²) in [5.74, 6) is -1.12. The van der Waals surface area contributed by atoms with Gasteiger partial charge in [-0.05, 0) is 16.3 Å². The van der Waals surface area contributed by atoms with Gasteiger partial charge in [0.15, 0.2) is 0 Å². The molecule has 0 aliphatic carbocycles. The molecular weight excluding hydrogens is 270 g/mol. The molecule has 2 aromatic carbocycles. The van der Waals surface area contributed by atoms with Gasteiger partial charge >= 0.3 is 5.97 Å². The van der Waals surface area contributed by atoms with Gasteiger partial charge in [0, 0.05) is 6.54 Å². The first kappa shape index (κ1) is 15.0. The third-order valence-corrected chi connectivity index (χ3v) is 3.03. The first-order valence-corrected chi connectivity index (χ1v) is 6.69. The minimum absolute atomic E-state index is 0.106. The molecule has 21 heavy (non-hydrogen) atoms. The summed E-state index contributed by atoms with van der Waals surface area (Å²) in [6.45, 7) is 0.143. The van der Waals surface area contributed by atoms with E-state index in [2.05, 4.69) is 5.32 Å². The van der Waals surface area contributed by atoms with Gasteiger partial charge < -0.3 is 15.2 Å². The number of carboxylic acid groups (broad SMARTS) is 1. The molecule has 1 amide bonds. The normalized spacial score (nSPS) is 10.5. The molecule has 0 bridgehead atoms. The van der Waals surface area contributed by atoms with E-state index in [1.807, 2.05) is 42.5 Å². The molecule has 5 heteroatoms. The third-order valence-electron chi connectivity index (χ3n) is 3.03. The summed E-state index contributed by atoms with van der Waals surface area (Å²) in [6.07, 6.45) is 0.292. The average molecular weight is 287 g/mol. The lowest BCUT2D eigenvalue weighted by Gasteiger charge is -2.08. The number of rotatable bonds is 7. The standard InChI is InChI=1S/C16H17NO4/c18-15(17-8-9-21-11-16(19)20)10-13-6-3-5-12-4-1-2-7-14(12)13/h1-7H,8-11H2,(H,17,18)(H,19,20). The van der Waals surface area contributed by atoms with Crippen molar-refractivity contribution in [3.63, 3.8) is 0 Å². The first-order chi connectivity index (χ1) is 10.2. The molecule has 0 saturated heterocycles. The van der Waals surface area contributed by atoms with Crippen molar-refractivity contribution in [1.29, 1.82) is 0 Å². The van der Waals surface area contributed by atoms with Crippen molar-refractivity contribution >= 4 is 22.6 Å². The van der Waals surface area contributed by atoms with Crippen molar-refractivity contribution in [2.75, 3.05) is 19.8 Å². The van der Waals surface area contributed by atoms with E-state index < -0.39 is 5.97 Å². The van der Waals surface area contributed by atoms with Crippen molar-refractivity contribution in [2.24, 2.45) is 0 Å². The van der Waals surface area contributed by atoms with Crippen molar-refractivity contribution < 1.29 is 19.4 Å². The second-order valence-corrected chi connectivity index (χ2v) is 4.61. The molecule has 0 aliphatic rings. The second-order valence-electron chi connectivity index (χ2n) is 4.61. The number of ether oxygens (including phenoxy) is 1. The van der Waals surface area contributed by atoms with E-state index >= 15 is 0 Å². The Balaban J connectivity index is 1.86. The quantitative estimate of drug-likeness (QED) is 0.758. The molecule has 0 saturated carbocycles. The van der Waals surface area contributed by atoms with Crippen molar-refractivity contribution in [2.45, 2.75) is 6.42 Å². The molecule has 0 fully saturated rings. The van der Waals surface area contributed by atoms with Crippen LogP contribution in [0.25, 0.3) is 10.8 Å². The van der Waals surface area contributed by atoms with Crippen molar-refractivity contribution in [3.05, 3.63) is 48.0 Å². The van der Waals surface area contributed by atoms with Crippen LogP contribution in [-0.2, 0) is 20.7 Å². The number of amides is 1. The predicted molar refractivity (Wildman–Crippen MR) is 79.1 cm³/mol. The Labute approximate surface area is 122 Å². The summed E-state index contributed by atoms with van der Waals surface area (Å²) in [4.78, 5) is 22.1. The lowest BCUT2D eigenvalue weighted by Crippen LogP contribution is -2.29. The van der Waals surface area contributed by atoms with Crippen LogP contribution in [-0.4, -0.2) is 36.7 Å². The Kier molecular flexibility index (Phi) is 5.29. The number of hydrogen-bond donors (Lipinski definition) is 2. The Morgan fingerprint density at radius 1 is 1.10 bits per heavy atom. The summed E-state index contributed by atoms with van der Waals surface area (Å²) in [7, 11) is 0. The summed E-state index contributed by atoms with van der Waals surface area (Å²) in [6, 6.07) is 13.8. The van der Waals surface area contributed by atoms with Crippen LogP contribution in [0.15, 0.2) is 42.5 Å². The molecule has 0 unspecified atom stereocenters. The van der Waals surface area contributed by atoms with Gasteiger partial charge in [-0.3, -0.25) is 4.79 Å². The largest absolute Gasteiger partial charge is 0.480 e. The Bertz CT molecular complexity index is 634. The van der Waals surface area contributed by atoms with E-state index in [1.54, 1.807) is 0 Å². The number of benzene rings is 2. The van der Waals surface area contributed by atoms with E-state index in [1.165, 1.54) is 0 Å². The highest BCUT2D eigenvalue weighted by Gasteiger charge is 2.06. The molecule has 2 rings (SSSR count). The van der Waals surface area contributed by atoms with Gasteiger partial charge in [0.2, 0.25) is 5.91 Å². The van der Waals surface area contributed by atoms with Crippen LogP contribution < -0.4 is 5.32 Å². The van der Waals surface area contributed by atoms with Crippen LogP contribution in [0.2, 0.25) is 0 Å². The first-order valence-electron chi connectivity index (χ1n) is 6.69. The van der Waals surface area contributed by atoms with Crippen molar-refractivity contribution in [1.82, 2.24) is 5.32 Å². The summed E-state index contributed by atoms with van der Waals surface area (Å²) in [5, 5.41) is 13.3. The number of fused-ring (bicyclic) bond motifs is 1. The van der Waals surface area contributed by atoms with Gasteiger partial charge in [-0.2, -0.15) is 0 Å². The van der Waals surface area contributed by atoms with Crippen LogP contribution in [0.5, 0.6) is 0 Å². The number of aliphatic carboxylic acids is 1. The maximum Gasteiger partial charge on any atom is 0.329 e. The summed E-state index contributed by atoms with van der Waals surface area (Å²) < 4.78 is 4.85. The van der Waals surface area contributed by atoms with E-state index in [0.29, 0.717) is 13.0 Å². The fraction of sp³-hybridized carbons (Fsp3) is 0.250. The molecule has 110 valence electrons. The van der Waals surface area contributed by atoms with E-state index in [-0.39, 0.29) is 19.1 Å². The number of nitrogens with one attached hydrogen (secondary N) is 1. The van der Waals surface area contributed by atoms with Crippen LogP contribution >= 0.6 is 0 Å². The SMILES string of the molecule is O=C(O)COCCNC(=O)Cc1cccc2ccccc12. The molecule has 2 aromatic rings. The molecule has 2 N–H and O–H groups in total. The average Bonchev–Trinajstić information content (AvgIpc) is 2.47. The van der Waals surface area contributed by atoms with Crippen molar-refractivity contribution in [3.8, 4) is 0 Å². The van der Waals surface area contributed by atoms with Crippen LogP contribution in [0.1, 0.15) is 5.56 Å². The number of carbonyl (C=O) groups is 2. The fourth-order valence-electron chi connectivity index (χ4n) is 2.10. The van der Waals surface area contributed by atoms with Gasteiger partial charge in [-0.15, -0.1) is 0 Å². The molecule has 5 nitrogen and oxygen atoms in total. The zero-order chi connectivity index (χ0) is 15.1. The summed E-state index contributed by atoms with van der Waals surface area (Å²) in [5.41, 5.74) is 0.969. The topological polar surface area (TPSA) is 75.6 Å². The van der Waals surface area contributed by atoms with Crippen LogP contribution in [0.3, 0.4) is 0 Å². The number of hydrogen-bond acceptors (Lipinski definition) is 3. The molecule has 0 aliphatic heterocycles. The molecule has 0 spiro atoms. The molecule has 0 aromatic heterocycles. The lowest BCUT2D eigenvalue weighted by atomic mass is 10.0. The Morgan fingerprint density at radius 2 is 1.86 bits per heavy atom. The fourth-order valence-corrected chi connectivity index (χ4v) is 2.10. The maximum absolute atomic E-state index is 11.9. The second kappa shape index (κ2) is 7.40.